The third kappa shape index (κ3) is 21.7. The molecular weight excluding hydrogens is 653 g/mol. The molecule has 1 aromatic rings. The Bertz CT molecular complexity index is 968. The number of hydrogen-bond donors (Lipinski definition) is 1. The largest absolute Gasteiger partial charge is 0.481 e. The van der Waals surface area contributed by atoms with E-state index in [0.29, 0.717) is 30.9 Å². The highest BCUT2D eigenvalue weighted by atomic mass is 32.2. The van der Waals surface area contributed by atoms with Crippen LogP contribution in [-0.4, -0.2) is 70.7 Å². The molecule has 4 rings (SSSR count). The lowest BCUT2D eigenvalue weighted by molar-refractivity contribution is -0.143. The first-order valence-electron chi connectivity index (χ1n) is 21.7. The lowest BCUT2D eigenvalue weighted by Crippen LogP contribution is -2.36. The SMILES string of the molecule is CCCCCCCCCCCCCCSCCOC(=O)CCN(CCCCCCCCOC(=N)CC12CCC(CC1)CC2)CCCn1ccnc1. The molecule has 0 unspecified atom stereocenters. The van der Waals surface area contributed by atoms with Gasteiger partial charge in [0.05, 0.1) is 19.4 Å². The highest BCUT2D eigenvalue weighted by molar-refractivity contribution is 7.99. The summed E-state index contributed by atoms with van der Waals surface area (Å²) < 4.78 is 13.6. The van der Waals surface area contributed by atoms with Crippen molar-refractivity contribution in [3.8, 4) is 0 Å². The van der Waals surface area contributed by atoms with Gasteiger partial charge in [0.1, 0.15) is 6.61 Å². The number of aryl methyl sites for hydroxylation is 1. The molecule has 3 fully saturated rings. The van der Waals surface area contributed by atoms with E-state index < -0.39 is 0 Å². The van der Waals surface area contributed by atoms with Gasteiger partial charge in [-0.05, 0) is 94.4 Å². The molecule has 0 saturated heterocycles. The number of imidazole rings is 1. The van der Waals surface area contributed by atoms with Crippen LogP contribution in [0.4, 0.5) is 0 Å². The Morgan fingerprint density at radius 3 is 2.02 bits per heavy atom. The number of thioether (sulfide) groups is 1. The number of hydrogen-bond acceptors (Lipinski definition) is 7. The van der Waals surface area contributed by atoms with Crippen molar-refractivity contribution in [2.45, 2.75) is 187 Å². The molecule has 1 aromatic heterocycles. The fourth-order valence-electron chi connectivity index (χ4n) is 8.25. The summed E-state index contributed by atoms with van der Waals surface area (Å²) in [7, 11) is 0. The van der Waals surface area contributed by atoms with E-state index in [1.54, 1.807) is 0 Å². The zero-order valence-corrected chi connectivity index (χ0v) is 33.8. The van der Waals surface area contributed by atoms with E-state index in [4.69, 9.17) is 14.9 Å². The monoisotopic (exact) mass is 731 g/mol. The lowest BCUT2D eigenvalue weighted by atomic mass is 9.59. The molecule has 0 radical (unpaired) electrons. The maximum Gasteiger partial charge on any atom is 0.307 e. The van der Waals surface area contributed by atoms with Gasteiger partial charge < -0.3 is 18.9 Å². The fraction of sp³-hybridized carbons (Fsp3) is 0.884. The van der Waals surface area contributed by atoms with E-state index >= 15 is 0 Å². The van der Waals surface area contributed by atoms with Crippen LogP contribution in [0.25, 0.3) is 0 Å². The predicted octanol–water partition coefficient (Wildman–Crippen LogP) is 11.6. The number of aromatic nitrogens is 2. The molecular formula is C43H78N4O3S. The molecule has 3 aliphatic rings. The molecule has 3 aliphatic carbocycles. The summed E-state index contributed by atoms with van der Waals surface area (Å²) in [5.74, 6) is 3.55. The zero-order chi connectivity index (χ0) is 36.1. The first kappa shape index (κ1) is 43.9. The van der Waals surface area contributed by atoms with Gasteiger partial charge in [-0.15, -0.1) is 0 Å². The van der Waals surface area contributed by atoms with Gasteiger partial charge in [0.2, 0.25) is 0 Å². The topological polar surface area (TPSA) is 80.4 Å². The van der Waals surface area contributed by atoms with E-state index in [1.165, 1.54) is 153 Å². The van der Waals surface area contributed by atoms with Crippen LogP contribution in [0.1, 0.15) is 180 Å². The first-order valence-corrected chi connectivity index (χ1v) is 22.9. The van der Waals surface area contributed by atoms with Gasteiger partial charge in [-0.3, -0.25) is 10.2 Å². The molecule has 1 N–H and O–H groups in total. The predicted molar refractivity (Wildman–Crippen MR) is 217 cm³/mol. The molecule has 8 heteroatoms. The molecule has 1 heterocycles. The first-order chi connectivity index (χ1) is 25.1. The summed E-state index contributed by atoms with van der Waals surface area (Å²) in [5, 5.41) is 8.38. The maximum atomic E-state index is 12.5. The molecule has 0 atom stereocenters. The van der Waals surface area contributed by atoms with E-state index in [0.717, 1.165) is 57.1 Å². The number of carbonyl (C=O) groups excluding carboxylic acids is 1. The second-order valence-electron chi connectivity index (χ2n) is 16.0. The number of ether oxygens (including phenoxy) is 2. The van der Waals surface area contributed by atoms with E-state index in [2.05, 4.69) is 21.4 Å². The van der Waals surface area contributed by atoms with Crippen LogP contribution in [0.2, 0.25) is 0 Å². The molecule has 0 aromatic carbocycles. The molecule has 2 bridgehead atoms. The molecule has 294 valence electrons. The second-order valence-corrected chi connectivity index (χ2v) is 17.2. The number of unbranched alkanes of at least 4 members (excludes halogenated alkanes) is 16. The van der Waals surface area contributed by atoms with Gasteiger partial charge in [0.15, 0.2) is 5.90 Å². The summed E-state index contributed by atoms with van der Waals surface area (Å²) in [5.41, 5.74) is 0.393. The second kappa shape index (κ2) is 28.9. The van der Waals surface area contributed by atoms with Crippen molar-refractivity contribution in [1.29, 1.82) is 5.41 Å². The van der Waals surface area contributed by atoms with E-state index in [-0.39, 0.29) is 5.97 Å². The standard InChI is InChI=1S/C43H78N4O3S/c1-2-3-4-5-6-7-8-9-10-13-16-19-36-51-37-35-50-42(48)24-32-46(30-20-31-47-33-28-45-39-47)29-17-14-11-12-15-18-34-49-41(44)38-43-25-21-40(22-26-43)23-27-43/h28,33,39-40,44H,2-27,29-32,34-38H2,1H3. The van der Waals surface area contributed by atoms with Crippen LogP contribution in [0.5, 0.6) is 0 Å². The molecule has 0 spiro atoms. The Kier molecular flexibility index (Phi) is 24.9. The highest BCUT2D eigenvalue weighted by Crippen LogP contribution is 2.52. The summed E-state index contributed by atoms with van der Waals surface area (Å²) >= 11 is 1.93. The molecule has 51 heavy (non-hydrogen) atoms. The van der Waals surface area contributed by atoms with Crippen LogP contribution in [-0.2, 0) is 20.8 Å². The minimum Gasteiger partial charge on any atom is -0.481 e. The minimum atomic E-state index is -0.0540. The van der Waals surface area contributed by atoms with Crippen molar-refractivity contribution in [2.75, 3.05) is 44.4 Å². The average Bonchev–Trinajstić information content (AvgIpc) is 3.67. The van der Waals surface area contributed by atoms with Crippen molar-refractivity contribution in [2.24, 2.45) is 11.3 Å². The van der Waals surface area contributed by atoms with Gasteiger partial charge in [-0.1, -0.05) is 103 Å². The maximum absolute atomic E-state index is 12.5. The Morgan fingerprint density at radius 1 is 0.765 bits per heavy atom. The number of nitrogens with one attached hydrogen (secondary N) is 1. The Morgan fingerprint density at radius 2 is 1.37 bits per heavy atom. The minimum absolute atomic E-state index is 0.0540. The van der Waals surface area contributed by atoms with Gasteiger partial charge in [-0.2, -0.15) is 11.8 Å². The van der Waals surface area contributed by atoms with Crippen molar-refractivity contribution in [3.63, 3.8) is 0 Å². The van der Waals surface area contributed by atoms with Crippen LogP contribution < -0.4 is 0 Å². The quantitative estimate of drug-likeness (QED) is 0.0329. The van der Waals surface area contributed by atoms with Crippen molar-refractivity contribution < 1.29 is 14.3 Å². The number of rotatable bonds is 34. The molecule has 0 aliphatic heterocycles. The molecule has 3 saturated carbocycles. The summed E-state index contributed by atoms with van der Waals surface area (Å²) in [6.45, 7) is 7.29. The van der Waals surface area contributed by atoms with Gasteiger partial charge in [0, 0.05) is 37.7 Å². The van der Waals surface area contributed by atoms with Crippen LogP contribution in [0, 0.1) is 16.7 Å². The van der Waals surface area contributed by atoms with Crippen molar-refractivity contribution in [3.05, 3.63) is 18.7 Å². The zero-order valence-electron chi connectivity index (χ0n) is 33.0. The third-order valence-electron chi connectivity index (χ3n) is 11.6. The van der Waals surface area contributed by atoms with Gasteiger partial charge in [0.25, 0.3) is 0 Å². The van der Waals surface area contributed by atoms with Crippen LogP contribution in [0.3, 0.4) is 0 Å². The highest BCUT2D eigenvalue weighted by Gasteiger charge is 2.41. The molecule has 7 nitrogen and oxygen atoms in total. The summed E-state index contributed by atoms with van der Waals surface area (Å²) in [4.78, 5) is 19.2. The van der Waals surface area contributed by atoms with Crippen molar-refractivity contribution in [1.82, 2.24) is 14.5 Å². The lowest BCUT2D eigenvalue weighted by Gasteiger charge is -2.46. The number of fused-ring (bicyclic) bond motifs is 3. The van der Waals surface area contributed by atoms with Crippen LogP contribution in [0.15, 0.2) is 18.7 Å². The Labute approximate surface area is 318 Å². The normalized spacial score (nSPS) is 18.4. The average molecular weight is 731 g/mol. The Balaban J connectivity index is 1.14. The molecule has 0 amide bonds. The van der Waals surface area contributed by atoms with Crippen LogP contribution >= 0.6 is 11.8 Å². The number of nitrogens with zero attached hydrogens (tertiary/aromatic N) is 3. The van der Waals surface area contributed by atoms with E-state index in [1.807, 2.05) is 30.5 Å². The summed E-state index contributed by atoms with van der Waals surface area (Å²) in [6, 6.07) is 0. The fourth-order valence-corrected chi connectivity index (χ4v) is 9.06. The third-order valence-corrected chi connectivity index (χ3v) is 12.7. The summed E-state index contributed by atoms with van der Waals surface area (Å²) in [6.07, 6.45) is 40.0. The smallest absolute Gasteiger partial charge is 0.307 e. The van der Waals surface area contributed by atoms with E-state index in [9.17, 15) is 4.79 Å². The number of carbonyl (C=O) groups is 1. The van der Waals surface area contributed by atoms with Crippen molar-refractivity contribution >= 4 is 23.6 Å². The van der Waals surface area contributed by atoms with Gasteiger partial charge in [-0.25, -0.2) is 4.98 Å². The Hall–Kier alpha value is -1.54. The van der Waals surface area contributed by atoms with Gasteiger partial charge >= 0.3 is 5.97 Å². The number of esters is 1.